The first-order chi connectivity index (χ1) is 12.7. The molecule has 0 aliphatic rings. The molecular weight excluding hydrogens is 342 g/mol. The monoisotopic (exact) mass is 367 g/mol. The summed E-state index contributed by atoms with van der Waals surface area (Å²) >= 11 is 0. The Bertz CT molecular complexity index is 809. The molecule has 3 amide bonds. The number of hydrogen-bond acceptors (Lipinski definition) is 3. The molecule has 6 nitrogen and oxygen atoms in total. The molecule has 0 aromatic heterocycles. The van der Waals surface area contributed by atoms with Gasteiger partial charge in [0, 0.05) is 11.1 Å². The van der Waals surface area contributed by atoms with Crippen molar-refractivity contribution in [3.05, 3.63) is 71.3 Å². The fourth-order valence-electron chi connectivity index (χ4n) is 2.36. The maximum atomic E-state index is 12.3. The lowest BCUT2D eigenvalue weighted by molar-refractivity contribution is -0.123. The van der Waals surface area contributed by atoms with Gasteiger partial charge < -0.3 is 5.32 Å². The maximum absolute atomic E-state index is 12.3. The fraction of sp³-hybridized carbons (Fsp3) is 0.286. The Morgan fingerprint density at radius 2 is 1.33 bits per heavy atom. The van der Waals surface area contributed by atoms with Gasteiger partial charge in [0.25, 0.3) is 17.7 Å². The molecule has 1 unspecified atom stereocenters. The van der Waals surface area contributed by atoms with Crippen LogP contribution in [0.2, 0.25) is 0 Å². The Hall–Kier alpha value is -3.15. The molecular formula is C21H25N3O3. The molecule has 142 valence electrons. The minimum absolute atomic E-state index is 0.000849. The smallest absolute Gasteiger partial charge is 0.269 e. The van der Waals surface area contributed by atoms with Gasteiger partial charge in [0.1, 0.15) is 6.04 Å². The average molecular weight is 367 g/mol. The molecule has 0 radical (unpaired) electrons. The molecule has 1 atom stereocenters. The van der Waals surface area contributed by atoms with Crippen molar-refractivity contribution >= 4 is 17.7 Å². The molecule has 2 aromatic rings. The molecule has 2 rings (SSSR count). The largest absolute Gasteiger partial charge is 0.340 e. The molecule has 0 aliphatic heterocycles. The molecule has 27 heavy (non-hydrogen) atoms. The number of hydrogen-bond donors (Lipinski definition) is 3. The van der Waals surface area contributed by atoms with E-state index in [0.29, 0.717) is 11.1 Å². The van der Waals surface area contributed by atoms with Crippen LogP contribution in [0.15, 0.2) is 54.6 Å². The lowest BCUT2D eigenvalue weighted by Gasteiger charge is -2.19. The summed E-state index contributed by atoms with van der Waals surface area (Å²) in [5.41, 5.74) is 6.65. The van der Waals surface area contributed by atoms with Gasteiger partial charge in [-0.3, -0.25) is 25.2 Å². The van der Waals surface area contributed by atoms with E-state index >= 15 is 0 Å². The first kappa shape index (κ1) is 20.2. The summed E-state index contributed by atoms with van der Waals surface area (Å²) in [6.07, 6.45) is 0. The van der Waals surface area contributed by atoms with Gasteiger partial charge in [-0.1, -0.05) is 51.1 Å². The third-order valence-electron chi connectivity index (χ3n) is 4.09. The second kappa shape index (κ2) is 8.49. The summed E-state index contributed by atoms with van der Waals surface area (Å²) in [5.74, 6) is -1.30. The van der Waals surface area contributed by atoms with Gasteiger partial charge >= 0.3 is 0 Å². The number of amides is 3. The van der Waals surface area contributed by atoms with E-state index in [-0.39, 0.29) is 11.3 Å². The van der Waals surface area contributed by atoms with Gasteiger partial charge in [0.2, 0.25) is 0 Å². The van der Waals surface area contributed by atoms with E-state index in [1.807, 2.05) is 12.1 Å². The third-order valence-corrected chi connectivity index (χ3v) is 4.09. The van der Waals surface area contributed by atoms with Gasteiger partial charge in [0.05, 0.1) is 0 Å². The third kappa shape index (κ3) is 5.67. The van der Waals surface area contributed by atoms with Crippen molar-refractivity contribution < 1.29 is 14.4 Å². The Balaban J connectivity index is 1.88. The number of nitrogens with one attached hydrogen (secondary N) is 3. The summed E-state index contributed by atoms with van der Waals surface area (Å²) in [6.45, 7) is 7.83. The first-order valence-electron chi connectivity index (χ1n) is 8.75. The topological polar surface area (TPSA) is 87.3 Å². The van der Waals surface area contributed by atoms with Crippen molar-refractivity contribution in [3.8, 4) is 0 Å². The van der Waals surface area contributed by atoms with E-state index in [1.54, 1.807) is 49.4 Å². The molecule has 2 aromatic carbocycles. The number of benzene rings is 2. The normalized spacial score (nSPS) is 12.0. The zero-order valence-corrected chi connectivity index (χ0v) is 16.0. The van der Waals surface area contributed by atoms with Crippen LogP contribution in [0, 0.1) is 0 Å². The average Bonchev–Trinajstić information content (AvgIpc) is 2.65. The molecule has 0 saturated heterocycles. The zero-order valence-electron chi connectivity index (χ0n) is 16.0. The number of hydrazine groups is 1. The molecule has 0 aliphatic carbocycles. The van der Waals surface area contributed by atoms with E-state index in [0.717, 1.165) is 5.56 Å². The van der Waals surface area contributed by atoms with Crippen molar-refractivity contribution in [2.24, 2.45) is 0 Å². The highest BCUT2D eigenvalue weighted by atomic mass is 16.2. The molecule has 0 saturated carbocycles. The molecule has 3 N–H and O–H groups in total. The molecule has 0 heterocycles. The highest BCUT2D eigenvalue weighted by Gasteiger charge is 2.18. The Morgan fingerprint density at radius 3 is 1.89 bits per heavy atom. The molecule has 0 bridgehead atoms. The van der Waals surface area contributed by atoms with Crippen LogP contribution in [0.5, 0.6) is 0 Å². The van der Waals surface area contributed by atoms with Crippen molar-refractivity contribution in [3.63, 3.8) is 0 Å². The predicted molar refractivity (Wildman–Crippen MR) is 104 cm³/mol. The van der Waals surface area contributed by atoms with Crippen LogP contribution in [0.4, 0.5) is 0 Å². The van der Waals surface area contributed by atoms with E-state index in [2.05, 4.69) is 36.9 Å². The van der Waals surface area contributed by atoms with Crippen LogP contribution >= 0.6 is 0 Å². The number of carbonyl (C=O) groups is 3. The maximum Gasteiger partial charge on any atom is 0.269 e. The predicted octanol–water partition coefficient (Wildman–Crippen LogP) is 2.56. The number of rotatable bonds is 4. The summed E-state index contributed by atoms with van der Waals surface area (Å²) in [5, 5.41) is 2.62. The van der Waals surface area contributed by atoms with Crippen LogP contribution < -0.4 is 16.2 Å². The summed E-state index contributed by atoms with van der Waals surface area (Å²) in [7, 11) is 0. The Morgan fingerprint density at radius 1 is 0.778 bits per heavy atom. The van der Waals surface area contributed by atoms with Crippen LogP contribution in [-0.4, -0.2) is 23.8 Å². The summed E-state index contributed by atoms with van der Waals surface area (Å²) in [6, 6.07) is 15.0. The van der Waals surface area contributed by atoms with Crippen LogP contribution in [-0.2, 0) is 10.2 Å². The van der Waals surface area contributed by atoms with Crippen molar-refractivity contribution in [2.75, 3.05) is 0 Å². The van der Waals surface area contributed by atoms with Crippen LogP contribution in [0.3, 0.4) is 0 Å². The molecule has 6 heteroatoms. The summed E-state index contributed by atoms with van der Waals surface area (Å²) < 4.78 is 0. The lowest BCUT2D eigenvalue weighted by Crippen LogP contribution is -2.51. The van der Waals surface area contributed by atoms with Crippen LogP contribution in [0.1, 0.15) is 54.0 Å². The minimum atomic E-state index is -0.809. The van der Waals surface area contributed by atoms with Gasteiger partial charge in [-0.05, 0) is 42.2 Å². The SMILES string of the molecule is CC(NC(=O)c1ccc(C(C)(C)C)cc1)C(=O)NNC(=O)c1ccccc1. The second-order valence-electron chi connectivity index (χ2n) is 7.33. The van der Waals surface area contributed by atoms with Gasteiger partial charge in [-0.25, -0.2) is 0 Å². The van der Waals surface area contributed by atoms with Crippen molar-refractivity contribution in [1.29, 1.82) is 0 Å². The molecule has 0 spiro atoms. The lowest BCUT2D eigenvalue weighted by atomic mass is 9.86. The zero-order chi connectivity index (χ0) is 20.0. The van der Waals surface area contributed by atoms with Gasteiger partial charge in [-0.2, -0.15) is 0 Å². The quantitative estimate of drug-likeness (QED) is 0.726. The van der Waals surface area contributed by atoms with E-state index in [1.165, 1.54) is 0 Å². The van der Waals surface area contributed by atoms with Crippen LogP contribution in [0.25, 0.3) is 0 Å². The van der Waals surface area contributed by atoms with E-state index in [9.17, 15) is 14.4 Å². The van der Waals surface area contributed by atoms with E-state index < -0.39 is 17.9 Å². The highest BCUT2D eigenvalue weighted by Crippen LogP contribution is 2.22. The second-order valence-corrected chi connectivity index (χ2v) is 7.33. The van der Waals surface area contributed by atoms with Gasteiger partial charge in [0.15, 0.2) is 0 Å². The Kier molecular flexibility index (Phi) is 6.34. The molecule has 0 fully saturated rings. The highest BCUT2D eigenvalue weighted by molar-refractivity contribution is 5.99. The number of carbonyl (C=O) groups excluding carboxylic acids is 3. The van der Waals surface area contributed by atoms with Gasteiger partial charge in [-0.15, -0.1) is 0 Å². The Labute approximate surface area is 159 Å². The first-order valence-corrected chi connectivity index (χ1v) is 8.75. The van der Waals surface area contributed by atoms with E-state index in [4.69, 9.17) is 0 Å². The standard InChI is InChI=1S/C21H25N3O3/c1-14(18(25)23-24-20(27)15-8-6-5-7-9-15)22-19(26)16-10-12-17(13-11-16)21(2,3)4/h5-14H,1-4H3,(H,22,26)(H,23,25)(H,24,27). The van der Waals surface area contributed by atoms with Crippen molar-refractivity contribution in [1.82, 2.24) is 16.2 Å². The fourth-order valence-corrected chi connectivity index (χ4v) is 2.36. The summed E-state index contributed by atoms with van der Waals surface area (Å²) in [4.78, 5) is 36.3. The minimum Gasteiger partial charge on any atom is -0.340 e. The van der Waals surface area contributed by atoms with Crippen molar-refractivity contribution in [2.45, 2.75) is 39.2 Å².